The summed E-state index contributed by atoms with van der Waals surface area (Å²) in [6, 6.07) is 7.55. The van der Waals surface area contributed by atoms with Gasteiger partial charge in [-0.25, -0.2) is 9.97 Å². The van der Waals surface area contributed by atoms with Gasteiger partial charge < -0.3 is 19.3 Å². The quantitative estimate of drug-likeness (QED) is 0.830. The Morgan fingerprint density at radius 2 is 1.96 bits per heavy atom. The van der Waals surface area contributed by atoms with E-state index < -0.39 is 0 Å². The molecule has 0 N–H and O–H groups in total. The molecule has 3 heterocycles. The second-order valence-electron chi connectivity index (χ2n) is 6.55. The van der Waals surface area contributed by atoms with Gasteiger partial charge in [-0.15, -0.1) is 0 Å². The molecule has 2 aliphatic rings. The first-order chi connectivity index (χ1) is 12.7. The lowest BCUT2D eigenvalue weighted by Gasteiger charge is -2.37. The summed E-state index contributed by atoms with van der Waals surface area (Å²) >= 11 is 0. The van der Waals surface area contributed by atoms with E-state index in [1.54, 1.807) is 25.6 Å². The van der Waals surface area contributed by atoms with Gasteiger partial charge in [0.25, 0.3) is 0 Å². The highest BCUT2D eigenvalue weighted by molar-refractivity contribution is 5.80. The van der Waals surface area contributed by atoms with E-state index in [1.165, 1.54) is 0 Å². The molecule has 26 heavy (non-hydrogen) atoms. The van der Waals surface area contributed by atoms with Crippen LogP contribution < -0.4 is 14.4 Å². The largest absolute Gasteiger partial charge is 0.497 e. The summed E-state index contributed by atoms with van der Waals surface area (Å²) in [6.07, 6.45) is 4.17. The molecule has 1 amide bonds. The number of methoxy groups -OCH3 is 1. The number of carbonyl (C=O) groups excluding carboxylic acids is 1. The molecular weight excluding hydrogens is 332 g/mol. The van der Waals surface area contributed by atoms with Gasteiger partial charge in [-0.05, 0) is 36.2 Å². The van der Waals surface area contributed by atoms with E-state index in [-0.39, 0.29) is 11.8 Å². The molecule has 2 aliphatic heterocycles. The van der Waals surface area contributed by atoms with Crippen molar-refractivity contribution in [3.05, 3.63) is 42.2 Å². The maximum atomic E-state index is 12.9. The summed E-state index contributed by atoms with van der Waals surface area (Å²) in [5, 5.41) is 0. The zero-order valence-corrected chi connectivity index (χ0v) is 14.8. The van der Waals surface area contributed by atoms with Crippen LogP contribution in [0.4, 0.5) is 5.95 Å². The average Bonchev–Trinajstić information content (AvgIpc) is 2.73. The SMILES string of the molecule is COc1ccc2c(c1)C[C@H](C(=O)N1CCN(c3ncccn3)CC1)CO2. The number of nitrogens with zero attached hydrogens (tertiary/aromatic N) is 4. The number of rotatable bonds is 3. The van der Waals surface area contributed by atoms with Crippen LogP contribution in [0.2, 0.25) is 0 Å². The van der Waals surface area contributed by atoms with Gasteiger partial charge in [0.05, 0.1) is 13.0 Å². The molecule has 1 atom stereocenters. The minimum atomic E-state index is -0.144. The van der Waals surface area contributed by atoms with Crippen LogP contribution in [-0.4, -0.2) is 60.7 Å². The second kappa shape index (κ2) is 7.19. The molecule has 4 rings (SSSR count). The van der Waals surface area contributed by atoms with E-state index >= 15 is 0 Å². The Bertz CT molecular complexity index is 776. The molecule has 7 nitrogen and oxygen atoms in total. The van der Waals surface area contributed by atoms with Crippen molar-refractivity contribution in [2.45, 2.75) is 6.42 Å². The number of aromatic nitrogens is 2. The van der Waals surface area contributed by atoms with Crippen molar-refractivity contribution >= 4 is 11.9 Å². The van der Waals surface area contributed by atoms with Crippen LogP contribution in [0, 0.1) is 5.92 Å². The molecule has 7 heteroatoms. The lowest BCUT2D eigenvalue weighted by atomic mass is 9.95. The number of piperazine rings is 1. The highest BCUT2D eigenvalue weighted by Crippen LogP contribution is 2.31. The molecule has 0 radical (unpaired) electrons. The standard InChI is InChI=1S/C19H22N4O3/c1-25-16-3-4-17-14(12-16)11-15(13-26-17)18(24)22-7-9-23(10-8-22)19-20-5-2-6-21-19/h2-6,12,15H,7-11,13H2,1H3/t15-/m0/s1. The molecule has 0 aliphatic carbocycles. The van der Waals surface area contributed by atoms with E-state index in [0.29, 0.717) is 26.1 Å². The smallest absolute Gasteiger partial charge is 0.229 e. The summed E-state index contributed by atoms with van der Waals surface area (Å²) in [4.78, 5) is 25.5. The first-order valence-electron chi connectivity index (χ1n) is 8.85. The summed E-state index contributed by atoms with van der Waals surface area (Å²) in [5.74, 6) is 2.38. The molecule has 0 unspecified atom stereocenters. The normalized spacial score (nSPS) is 19.5. The fourth-order valence-electron chi connectivity index (χ4n) is 3.50. The fraction of sp³-hybridized carbons (Fsp3) is 0.421. The highest BCUT2D eigenvalue weighted by atomic mass is 16.5. The Morgan fingerprint density at radius 3 is 2.69 bits per heavy atom. The van der Waals surface area contributed by atoms with Crippen molar-refractivity contribution in [3.63, 3.8) is 0 Å². The maximum Gasteiger partial charge on any atom is 0.229 e. The third-order valence-corrected chi connectivity index (χ3v) is 4.95. The summed E-state index contributed by atoms with van der Waals surface area (Å²) in [5.41, 5.74) is 1.03. The van der Waals surface area contributed by atoms with Gasteiger partial charge in [0, 0.05) is 38.6 Å². The molecule has 1 aromatic heterocycles. The number of hydrogen-bond donors (Lipinski definition) is 0. The van der Waals surface area contributed by atoms with Crippen molar-refractivity contribution in [2.24, 2.45) is 5.92 Å². The van der Waals surface area contributed by atoms with Gasteiger partial charge in [0.15, 0.2) is 0 Å². The number of benzene rings is 1. The molecular formula is C19H22N4O3. The van der Waals surface area contributed by atoms with E-state index in [1.807, 2.05) is 23.1 Å². The molecule has 0 saturated carbocycles. The third kappa shape index (κ3) is 3.29. The number of carbonyl (C=O) groups is 1. The first-order valence-corrected chi connectivity index (χ1v) is 8.85. The summed E-state index contributed by atoms with van der Waals surface area (Å²) in [6.45, 7) is 3.28. The Kier molecular flexibility index (Phi) is 4.60. The average molecular weight is 354 g/mol. The molecule has 0 bridgehead atoms. The van der Waals surface area contributed by atoms with E-state index in [2.05, 4.69) is 14.9 Å². The van der Waals surface area contributed by atoms with E-state index in [4.69, 9.17) is 9.47 Å². The maximum absolute atomic E-state index is 12.9. The van der Waals surface area contributed by atoms with Gasteiger partial charge in [-0.3, -0.25) is 4.79 Å². The number of amides is 1. The fourth-order valence-corrected chi connectivity index (χ4v) is 3.50. The van der Waals surface area contributed by atoms with Crippen molar-refractivity contribution in [1.29, 1.82) is 0 Å². The monoisotopic (exact) mass is 354 g/mol. The molecule has 1 saturated heterocycles. The van der Waals surface area contributed by atoms with Crippen LogP contribution >= 0.6 is 0 Å². The first kappa shape index (κ1) is 16.6. The zero-order chi connectivity index (χ0) is 17.9. The van der Waals surface area contributed by atoms with Crippen LogP contribution in [0.3, 0.4) is 0 Å². The zero-order valence-electron chi connectivity index (χ0n) is 14.8. The highest BCUT2D eigenvalue weighted by Gasteiger charge is 2.31. The summed E-state index contributed by atoms with van der Waals surface area (Å²) in [7, 11) is 1.64. The van der Waals surface area contributed by atoms with Gasteiger partial charge in [0.1, 0.15) is 18.1 Å². The number of fused-ring (bicyclic) bond motifs is 1. The Morgan fingerprint density at radius 1 is 1.19 bits per heavy atom. The molecule has 0 spiro atoms. The van der Waals surface area contributed by atoms with Crippen LogP contribution in [0.25, 0.3) is 0 Å². The van der Waals surface area contributed by atoms with Gasteiger partial charge in [0.2, 0.25) is 11.9 Å². The van der Waals surface area contributed by atoms with Crippen LogP contribution in [0.15, 0.2) is 36.7 Å². The van der Waals surface area contributed by atoms with Crippen LogP contribution in [-0.2, 0) is 11.2 Å². The van der Waals surface area contributed by atoms with Crippen molar-refractivity contribution < 1.29 is 14.3 Å². The van der Waals surface area contributed by atoms with Crippen LogP contribution in [0.1, 0.15) is 5.56 Å². The molecule has 1 aromatic carbocycles. The molecule has 136 valence electrons. The van der Waals surface area contributed by atoms with Gasteiger partial charge in [-0.1, -0.05) is 0 Å². The lowest BCUT2D eigenvalue weighted by molar-refractivity contribution is -0.137. The van der Waals surface area contributed by atoms with E-state index in [9.17, 15) is 4.79 Å². The number of anilines is 1. The molecule has 1 fully saturated rings. The van der Waals surface area contributed by atoms with Crippen molar-refractivity contribution in [2.75, 3.05) is 44.8 Å². The minimum absolute atomic E-state index is 0.144. The molecule has 2 aromatic rings. The topological polar surface area (TPSA) is 67.8 Å². The van der Waals surface area contributed by atoms with Crippen molar-refractivity contribution in [3.8, 4) is 11.5 Å². The third-order valence-electron chi connectivity index (χ3n) is 4.95. The van der Waals surface area contributed by atoms with Gasteiger partial charge >= 0.3 is 0 Å². The number of hydrogen-bond acceptors (Lipinski definition) is 6. The van der Waals surface area contributed by atoms with Crippen molar-refractivity contribution in [1.82, 2.24) is 14.9 Å². The van der Waals surface area contributed by atoms with Gasteiger partial charge in [-0.2, -0.15) is 0 Å². The minimum Gasteiger partial charge on any atom is -0.497 e. The predicted octanol–water partition coefficient (Wildman–Crippen LogP) is 1.39. The Hall–Kier alpha value is -2.83. The predicted molar refractivity (Wildman–Crippen MR) is 96.5 cm³/mol. The second-order valence-corrected chi connectivity index (χ2v) is 6.55. The Labute approximate surface area is 152 Å². The number of ether oxygens (including phenoxy) is 2. The van der Waals surface area contributed by atoms with E-state index in [0.717, 1.165) is 36.1 Å². The summed E-state index contributed by atoms with van der Waals surface area (Å²) < 4.78 is 11.1. The van der Waals surface area contributed by atoms with Crippen LogP contribution in [0.5, 0.6) is 11.5 Å². The lowest BCUT2D eigenvalue weighted by Crippen LogP contribution is -2.52. The Balaban J connectivity index is 1.38.